The Labute approximate surface area is 124 Å². The number of hydrogen-bond donors (Lipinski definition) is 0. The number of ether oxygens (including phenoxy) is 1. The number of carbonyl (C=O) groups is 1. The molecule has 0 aliphatic heterocycles. The summed E-state index contributed by atoms with van der Waals surface area (Å²) < 4.78 is 4.80. The summed E-state index contributed by atoms with van der Waals surface area (Å²) in [6, 6.07) is 6.28. The number of para-hydroxylation sites is 1. The molecular formula is C16H21NO4. The zero-order chi connectivity index (χ0) is 15.8. The van der Waals surface area contributed by atoms with Gasteiger partial charge < -0.3 is 4.74 Å². The van der Waals surface area contributed by atoms with Crippen LogP contribution in [0.4, 0.5) is 5.69 Å². The van der Waals surface area contributed by atoms with E-state index < -0.39 is 16.8 Å². The van der Waals surface area contributed by atoms with Gasteiger partial charge in [0, 0.05) is 11.6 Å². The van der Waals surface area contributed by atoms with Gasteiger partial charge in [0.25, 0.3) is 5.69 Å². The summed E-state index contributed by atoms with van der Waals surface area (Å²) in [5, 5.41) is 11.1. The molecule has 1 aromatic carbocycles. The van der Waals surface area contributed by atoms with Gasteiger partial charge in [-0.15, -0.1) is 0 Å². The average Bonchev–Trinajstić information content (AvgIpc) is 2.49. The molecule has 0 aliphatic rings. The monoisotopic (exact) mass is 291 g/mol. The van der Waals surface area contributed by atoms with Crippen molar-refractivity contribution in [2.75, 3.05) is 7.11 Å². The van der Waals surface area contributed by atoms with Gasteiger partial charge in [0.15, 0.2) is 0 Å². The molecule has 21 heavy (non-hydrogen) atoms. The van der Waals surface area contributed by atoms with Crippen molar-refractivity contribution >= 4 is 11.7 Å². The van der Waals surface area contributed by atoms with Crippen LogP contribution < -0.4 is 0 Å². The van der Waals surface area contributed by atoms with Crippen molar-refractivity contribution in [2.45, 2.75) is 38.5 Å². The molecule has 0 spiro atoms. The van der Waals surface area contributed by atoms with E-state index in [-0.39, 0.29) is 5.69 Å². The minimum atomic E-state index is -0.680. The Morgan fingerprint density at radius 1 is 1.43 bits per heavy atom. The molecule has 0 saturated heterocycles. The van der Waals surface area contributed by atoms with E-state index in [2.05, 4.69) is 13.5 Å². The molecule has 114 valence electrons. The quantitative estimate of drug-likeness (QED) is 0.314. The van der Waals surface area contributed by atoms with Crippen LogP contribution in [0.2, 0.25) is 0 Å². The van der Waals surface area contributed by atoms with E-state index in [1.807, 2.05) is 0 Å². The topological polar surface area (TPSA) is 69.4 Å². The Bertz CT molecular complexity index is 525. The molecule has 5 nitrogen and oxygen atoms in total. The first kappa shape index (κ1) is 16.9. The molecule has 1 aromatic rings. The maximum Gasteiger partial charge on any atom is 0.313 e. The summed E-state index contributed by atoms with van der Waals surface area (Å²) in [5.74, 6) is -1.15. The Morgan fingerprint density at radius 3 is 2.67 bits per heavy atom. The van der Waals surface area contributed by atoms with Gasteiger partial charge in [-0.2, -0.15) is 0 Å². The molecule has 0 fully saturated rings. The van der Waals surface area contributed by atoms with Gasteiger partial charge in [0.2, 0.25) is 0 Å². The number of allylic oxidation sites excluding steroid dienone is 1. The van der Waals surface area contributed by atoms with E-state index in [0.717, 1.165) is 24.8 Å². The maximum absolute atomic E-state index is 12.0. The van der Waals surface area contributed by atoms with Crippen molar-refractivity contribution in [1.29, 1.82) is 0 Å². The number of esters is 1. The van der Waals surface area contributed by atoms with Crippen LogP contribution in [0.15, 0.2) is 36.4 Å². The molecule has 5 heteroatoms. The third-order valence-corrected chi connectivity index (χ3v) is 3.37. The van der Waals surface area contributed by atoms with E-state index >= 15 is 0 Å². The largest absolute Gasteiger partial charge is 0.469 e. The lowest BCUT2D eigenvalue weighted by Gasteiger charge is -2.16. The van der Waals surface area contributed by atoms with Gasteiger partial charge >= 0.3 is 5.97 Å². The Morgan fingerprint density at radius 2 is 2.10 bits per heavy atom. The van der Waals surface area contributed by atoms with Crippen molar-refractivity contribution in [3.05, 3.63) is 52.1 Å². The Balaban J connectivity index is 3.06. The Kier molecular flexibility index (Phi) is 6.59. The number of nitro benzene ring substituents is 1. The SMILES string of the molecule is C=C(CCCC)C[C@H](C(=O)OC)c1ccccc1[N+](=O)[O-]. The second-order valence-corrected chi connectivity index (χ2v) is 4.95. The number of benzene rings is 1. The first-order valence-corrected chi connectivity index (χ1v) is 6.99. The summed E-state index contributed by atoms with van der Waals surface area (Å²) in [6.45, 7) is 6.05. The second-order valence-electron chi connectivity index (χ2n) is 4.95. The number of rotatable bonds is 8. The van der Waals surface area contributed by atoms with Crippen LogP contribution in [0, 0.1) is 10.1 Å². The van der Waals surface area contributed by atoms with Crippen molar-refractivity contribution in [3.8, 4) is 0 Å². The van der Waals surface area contributed by atoms with Gasteiger partial charge in [-0.25, -0.2) is 0 Å². The maximum atomic E-state index is 12.0. The van der Waals surface area contributed by atoms with Gasteiger partial charge in [-0.05, 0) is 19.3 Å². The second kappa shape index (κ2) is 8.19. The molecule has 0 radical (unpaired) electrons. The number of nitrogens with zero attached hydrogens (tertiary/aromatic N) is 1. The fraction of sp³-hybridized carbons (Fsp3) is 0.438. The average molecular weight is 291 g/mol. The zero-order valence-electron chi connectivity index (χ0n) is 12.5. The predicted octanol–water partition coefficient (Wildman–Crippen LogP) is 3.99. The minimum absolute atomic E-state index is 0.0591. The number of methoxy groups -OCH3 is 1. The summed E-state index contributed by atoms with van der Waals surface area (Å²) >= 11 is 0. The summed E-state index contributed by atoms with van der Waals surface area (Å²) in [4.78, 5) is 22.7. The van der Waals surface area contributed by atoms with Crippen molar-refractivity contribution < 1.29 is 14.5 Å². The van der Waals surface area contributed by atoms with Gasteiger partial charge in [-0.1, -0.05) is 43.7 Å². The fourth-order valence-corrected chi connectivity index (χ4v) is 2.23. The fourth-order valence-electron chi connectivity index (χ4n) is 2.23. The molecule has 0 heterocycles. The Hall–Kier alpha value is -2.17. The molecule has 0 aliphatic carbocycles. The smallest absolute Gasteiger partial charge is 0.313 e. The van der Waals surface area contributed by atoms with Gasteiger partial charge in [0.05, 0.1) is 18.0 Å². The van der Waals surface area contributed by atoms with E-state index in [9.17, 15) is 14.9 Å². The number of nitro groups is 1. The van der Waals surface area contributed by atoms with Crippen molar-refractivity contribution in [3.63, 3.8) is 0 Å². The molecule has 0 amide bonds. The highest BCUT2D eigenvalue weighted by atomic mass is 16.6. The molecule has 1 rings (SSSR count). The highest BCUT2D eigenvalue weighted by Gasteiger charge is 2.28. The zero-order valence-corrected chi connectivity index (χ0v) is 12.5. The highest BCUT2D eigenvalue weighted by Crippen LogP contribution is 2.32. The number of carbonyl (C=O) groups excluding carboxylic acids is 1. The first-order valence-electron chi connectivity index (χ1n) is 6.99. The molecule has 0 aromatic heterocycles. The first-order chi connectivity index (χ1) is 10.0. The minimum Gasteiger partial charge on any atom is -0.469 e. The molecule has 0 saturated carbocycles. The van der Waals surface area contributed by atoms with Crippen molar-refractivity contribution in [1.82, 2.24) is 0 Å². The molecule has 0 unspecified atom stereocenters. The molecule has 1 atom stereocenters. The van der Waals surface area contributed by atoms with E-state index in [1.54, 1.807) is 18.2 Å². The summed E-state index contributed by atoms with van der Waals surface area (Å²) in [5.41, 5.74) is 1.23. The van der Waals surface area contributed by atoms with Gasteiger partial charge in [0.1, 0.15) is 0 Å². The molecular weight excluding hydrogens is 270 g/mol. The lowest BCUT2D eigenvalue weighted by molar-refractivity contribution is -0.385. The van der Waals surface area contributed by atoms with Crippen molar-refractivity contribution in [2.24, 2.45) is 0 Å². The summed E-state index contributed by atoms with van der Waals surface area (Å²) in [7, 11) is 1.29. The van der Waals surface area contributed by atoms with Crippen LogP contribution in [-0.4, -0.2) is 18.0 Å². The normalized spacial score (nSPS) is 11.7. The van der Waals surface area contributed by atoms with E-state index in [0.29, 0.717) is 12.0 Å². The van der Waals surface area contributed by atoms with Crippen LogP contribution in [0.3, 0.4) is 0 Å². The third kappa shape index (κ3) is 4.70. The highest BCUT2D eigenvalue weighted by molar-refractivity contribution is 5.80. The van der Waals surface area contributed by atoms with Crippen LogP contribution in [0.1, 0.15) is 44.1 Å². The molecule has 0 N–H and O–H groups in total. The molecule has 0 bridgehead atoms. The van der Waals surface area contributed by atoms with Crippen LogP contribution in [0.5, 0.6) is 0 Å². The summed E-state index contributed by atoms with van der Waals surface area (Å²) in [6.07, 6.45) is 3.21. The van der Waals surface area contributed by atoms with Crippen LogP contribution in [-0.2, 0) is 9.53 Å². The number of unbranched alkanes of at least 4 members (excludes halogenated alkanes) is 1. The predicted molar refractivity (Wildman–Crippen MR) is 81.1 cm³/mol. The van der Waals surface area contributed by atoms with E-state index in [4.69, 9.17) is 4.74 Å². The third-order valence-electron chi connectivity index (χ3n) is 3.37. The standard InChI is InChI=1S/C16H21NO4/c1-4-5-8-12(2)11-14(16(18)21-3)13-9-6-7-10-15(13)17(19)20/h6-7,9-10,14H,2,4-5,8,11H2,1,3H3/t14-/m0/s1. The van der Waals surface area contributed by atoms with Gasteiger partial charge in [-0.3, -0.25) is 14.9 Å². The van der Waals surface area contributed by atoms with Crippen LogP contribution in [0.25, 0.3) is 0 Å². The van der Waals surface area contributed by atoms with Crippen LogP contribution >= 0.6 is 0 Å². The van der Waals surface area contributed by atoms with E-state index in [1.165, 1.54) is 13.2 Å². The lowest BCUT2D eigenvalue weighted by Crippen LogP contribution is -2.16. The number of hydrogen-bond acceptors (Lipinski definition) is 4. The lowest BCUT2D eigenvalue weighted by atomic mass is 9.89.